The summed E-state index contributed by atoms with van der Waals surface area (Å²) in [6.45, 7) is 1.99. The number of ether oxygens (including phenoxy) is 1. The summed E-state index contributed by atoms with van der Waals surface area (Å²) >= 11 is 0. The lowest BCUT2D eigenvalue weighted by Crippen LogP contribution is -2.44. The molecule has 226 valence electrons. The summed E-state index contributed by atoms with van der Waals surface area (Å²) in [6.07, 6.45) is 2.10. The minimum Gasteiger partial charge on any atom is -0.497 e. The van der Waals surface area contributed by atoms with E-state index in [4.69, 9.17) is 4.74 Å². The van der Waals surface area contributed by atoms with Gasteiger partial charge in [-0.1, -0.05) is 60.7 Å². The Balaban J connectivity index is 1.14. The van der Waals surface area contributed by atoms with Crippen molar-refractivity contribution in [3.8, 4) is 5.75 Å². The van der Waals surface area contributed by atoms with Crippen molar-refractivity contribution in [3.63, 3.8) is 0 Å². The molecule has 8 nitrogen and oxygen atoms in total. The second-order valence-corrected chi connectivity index (χ2v) is 11.8. The number of aromatic amines is 1. The smallest absolute Gasteiger partial charge is 0.332 e. The van der Waals surface area contributed by atoms with Crippen molar-refractivity contribution in [2.45, 2.75) is 44.3 Å². The highest BCUT2D eigenvalue weighted by atomic mass is 16.5. The monoisotopic (exact) mass is 598 g/mol. The van der Waals surface area contributed by atoms with E-state index in [-0.39, 0.29) is 23.9 Å². The average Bonchev–Trinajstić information content (AvgIpc) is 3.57. The van der Waals surface area contributed by atoms with E-state index in [1.165, 1.54) is 10.5 Å². The Morgan fingerprint density at radius 3 is 2.38 bits per heavy atom. The zero-order chi connectivity index (χ0) is 31.1. The van der Waals surface area contributed by atoms with E-state index in [1.54, 1.807) is 36.3 Å². The Morgan fingerprint density at radius 1 is 0.933 bits per heavy atom. The molecule has 45 heavy (non-hydrogen) atoms. The molecule has 0 aliphatic carbocycles. The second-order valence-electron chi connectivity index (χ2n) is 11.8. The topological polar surface area (TPSA) is 94.7 Å². The summed E-state index contributed by atoms with van der Waals surface area (Å²) in [7, 11) is 1.61. The van der Waals surface area contributed by atoms with Crippen molar-refractivity contribution < 1.29 is 19.1 Å². The molecule has 0 bridgehead atoms. The Morgan fingerprint density at radius 2 is 1.64 bits per heavy atom. The minimum absolute atomic E-state index is 0.0156. The van der Waals surface area contributed by atoms with Crippen molar-refractivity contribution in [1.82, 2.24) is 15.2 Å². The number of hydrogen-bond acceptors (Lipinski definition) is 4. The number of carbonyl (C=O) groups is 3. The molecule has 1 aromatic heterocycles. The maximum Gasteiger partial charge on any atom is 0.332 e. The fourth-order valence-electron chi connectivity index (χ4n) is 6.61. The first kappa shape index (κ1) is 28.4. The molecule has 3 heterocycles. The largest absolute Gasteiger partial charge is 0.497 e. The Labute approximate surface area is 261 Å². The second kappa shape index (κ2) is 11.6. The van der Waals surface area contributed by atoms with Crippen LogP contribution in [0, 0.1) is 0 Å². The fraction of sp³-hybridized carbons (Fsp3) is 0.216. The summed E-state index contributed by atoms with van der Waals surface area (Å²) in [6, 6.07) is 31.0. The quantitative estimate of drug-likeness (QED) is 0.202. The zero-order valence-electron chi connectivity index (χ0n) is 25.2. The molecule has 7 rings (SSSR count). The van der Waals surface area contributed by atoms with Gasteiger partial charge in [0.05, 0.1) is 12.8 Å². The number of H-pyrrole nitrogens is 1. The molecule has 3 atom stereocenters. The fourth-order valence-corrected chi connectivity index (χ4v) is 6.61. The highest BCUT2D eigenvalue weighted by molar-refractivity contribution is 6.22. The number of urea groups is 1. The molecule has 8 heteroatoms. The summed E-state index contributed by atoms with van der Waals surface area (Å²) in [4.78, 5) is 47.6. The van der Waals surface area contributed by atoms with Gasteiger partial charge in [-0.3, -0.25) is 14.5 Å². The lowest BCUT2D eigenvalue weighted by molar-refractivity contribution is -0.120. The Hall–Kier alpha value is -5.37. The normalized spacial score (nSPS) is 18.1. The van der Waals surface area contributed by atoms with E-state index >= 15 is 0 Å². The molecule has 0 radical (unpaired) electrons. The van der Waals surface area contributed by atoms with Crippen LogP contribution in [0.2, 0.25) is 0 Å². The number of fused-ring (bicyclic) bond motifs is 4. The van der Waals surface area contributed by atoms with Gasteiger partial charge in [0.1, 0.15) is 17.8 Å². The van der Waals surface area contributed by atoms with Gasteiger partial charge in [0, 0.05) is 34.6 Å². The van der Waals surface area contributed by atoms with Crippen LogP contribution in [-0.2, 0) is 17.6 Å². The van der Waals surface area contributed by atoms with Crippen LogP contribution in [0.4, 0.5) is 10.5 Å². The van der Waals surface area contributed by atoms with Gasteiger partial charge in [0.15, 0.2) is 0 Å². The lowest BCUT2D eigenvalue weighted by Gasteiger charge is -2.36. The third kappa shape index (κ3) is 5.12. The van der Waals surface area contributed by atoms with Crippen molar-refractivity contribution in [1.29, 1.82) is 0 Å². The molecule has 0 saturated carbocycles. The first-order chi connectivity index (χ1) is 21.9. The van der Waals surface area contributed by atoms with Crippen molar-refractivity contribution in [2.75, 3.05) is 12.0 Å². The van der Waals surface area contributed by atoms with Crippen LogP contribution in [0.25, 0.3) is 10.9 Å². The van der Waals surface area contributed by atoms with Gasteiger partial charge in [-0.05, 0) is 78.9 Å². The first-order valence-corrected chi connectivity index (χ1v) is 15.3. The third-order valence-corrected chi connectivity index (χ3v) is 8.95. The van der Waals surface area contributed by atoms with Gasteiger partial charge in [-0.25, -0.2) is 9.69 Å². The number of amides is 4. The molecule has 2 aliphatic heterocycles. The summed E-state index contributed by atoms with van der Waals surface area (Å²) < 4.78 is 5.37. The Bertz CT molecular complexity index is 1880. The molecule has 3 unspecified atom stereocenters. The van der Waals surface area contributed by atoms with Crippen molar-refractivity contribution in [2.24, 2.45) is 0 Å². The van der Waals surface area contributed by atoms with E-state index in [0.717, 1.165) is 40.6 Å². The number of benzene rings is 4. The molecular weight excluding hydrogens is 564 g/mol. The van der Waals surface area contributed by atoms with Crippen LogP contribution in [-0.4, -0.2) is 46.9 Å². The molecule has 0 spiro atoms. The summed E-state index contributed by atoms with van der Waals surface area (Å²) in [5.41, 5.74) is 5.95. The van der Waals surface area contributed by atoms with Gasteiger partial charge >= 0.3 is 6.03 Å². The molecule has 1 saturated heterocycles. The number of anilines is 1. The van der Waals surface area contributed by atoms with E-state index in [9.17, 15) is 14.4 Å². The predicted molar refractivity (Wildman–Crippen MR) is 173 cm³/mol. The maximum absolute atomic E-state index is 14.1. The number of methoxy groups -OCH3 is 1. The van der Waals surface area contributed by atoms with Crippen LogP contribution in [0.1, 0.15) is 52.1 Å². The van der Waals surface area contributed by atoms with Crippen molar-refractivity contribution >= 4 is 34.4 Å². The van der Waals surface area contributed by atoms with E-state index in [2.05, 4.69) is 28.5 Å². The van der Waals surface area contributed by atoms with E-state index < -0.39 is 12.1 Å². The molecular formula is C37H34N4O4. The molecule has 4 aromatic carbocycles. The highest BCUT2D eigenvalue weighted by Gasteiger charge is 2.53. The van der Waals surface area contributed by atoms with Crippen molar-refractivity contribution in [3.05, 3.63) is 131 Å². The minimum atomic E-state index is -0.662. The number of para-hydroxylation sites is 1. The van der Waals surface area contributed by atoms with Crippen LogP contribution in [0.3, 0.4) is 0 Å². The molecule has 5 aromatic rings. The van der Waals surface area contributed by atoms with E-state index in [1.807, 2.05) is 67.6 Å². The van der Waals surface area contributed by atoms with Gasteiger partial charge < -0.3 is 15.0 Å². The standard InChI is InChI=1S/C37H34N4O4/c1-23(12-13-24-8-4-3-5-9-24)38-35(42)26-14-18-27(19-15-26)40-36(43)32-22-30-29-10-6-7-11-31(29)39-33(30)34(41(32)37(40)44)25-16-20-28(45-2)21-17-25/h3-11,14-21,23,32,34,39H,12-13,22H2,1-2H3,(H,38,42). The van der Waals surface area contributed by atoms with Crippen LogP contribution >= 0.6 is 0 Å². The molecule has 1 fully saturated rings. The van der Waals surface area contributed by atoms with Crippen LogP contribution in [0.5, 0.6) is 5.75 Å². The van der Waals surface area contributed by atoms with Crippen LogP contribution < -0.4 is 15.0 Å². The number of hydrogen-bond donors (Lipinski definition) is 2. The Kier molecular flexibility index (Phi) is 7.33. The molecule has 2 aliphatic rings. The number of nitrogens with zero attached hydrogens (tertiary/aromatic N) is 2. The predicted octanol–water partition coefficient (Wildman–Crippen LogP) is 6.41. The first-order valence-electron chi connectivity index (χ1n) is 15.3. The molecule has 2 N–H and O–H groups in total. The number of rotatable bonds is 8. The number of carbonyl (C=O) groups excluding carboxylic acids is 3. The summed E-state index contributed by atoms with van der Waals surface area (Å²) in [5.74, 6) is 0.243. The number of aryl methyl sites for hydroxylation is 1. The lowest BCUT2D eigenvalue weighted by atomic mass is 9.89. The van der Waals surface area contributed by atoms with Gasteiger partial charge in [-0.15, -0.1) is 0 Å². The number of aromatic nitrogens is 1. The maximum atomic E-state index is 14.1. The summed E-state index contributed by atoms with van der Waals surface area (Å²) in [5, 5.41) is 4.11. The zero-order valence-corrected chi connectivity index (χ0v) is 25.2. The van der Waals surface area contributed by atoms with Gasteiger partial charge in [0.25, 0.3) is 11.8 Å². The third-order valence-electron chi connectivity index (χ3n) is 8.95. The number of nitrogens with one attached hydrogen (secondary N) is 2. The molecule has 4 amide bonds. The average molecular weight is 599 g/mol. The van der Waals surface area contributed by atoms with Crippen LogP contribution in [0.15, 0.2) is 103 Å². The van der Waals surface area contributed by atoms with Gasteiger partial charge in [0.2, 0.25) is 0 Å². The number of imide groups is 1. The van der Waals surface area contributed by atoms with Gasteiger partial charge in [-0.2, -0.15) is 0 Å². The van der Waals surface area contributed by atoms with E-state index in [0.29, 0.717) is 23.4 Å². The SMILES string of the molecule is COc1ccc(C2c3[nH]c4ccccc4c3CC3C(=O)N(c4ccc(C(=O)NC(C)CCc5ccccc5)cc4)C(=O)N32)cc1. The highest BCUT2D eigenvalue weighted by Crippen LogP contribution is 2.45.